The molecule has 0 radical (unpaired) electrons. The van der Waals surface area contributed by atoms with E-state index in [9.17, 15) is 4.79 Å². The van der Waals surface area contributed by atoms with Gasteiger partial charge in [0.2, 0.25) is 11.1 Å². The average Bonchev–Trinajstić information content (AvgIpc) is 2.78. The number of hydrogen-bond donors (Lipinski definition) is 1. The highest BCUT2D eigenvalue weighted by atomic mass is 35.5. The number of hydrogen-bond acceptors (Lipinski definition) is 5. The number of benzene rings is 2. The van der Waals surface area contributed by atoms with Gasteiger partial charge in [0.15, 0.2) is 0 Å². The van der Waals surface area contributed by atoms with Crippen LogP contribution in [-0.2, 0) is 4.79 Å². The molecule has 0 bridgehead atoms. The van der Waals surface area contributed by atoms with Crippen molar-refractivity contribution >= 4 is 40.9 Å². The summed E-state index contributed by atoms with van der Waals surface area (Å²) in [5.41, 5.74) is 3.04. The molecule has 5 nitrogen and oxygen atoms in total. The number of aromatic nitrogens is 3. The van der Waals surface area contributed by atoms with Gasteiger partial charge in [-0.15, -0.1) is 10.2 Å². The number of carbonyl (C=O) groups excluding carboxylic acids is 1. The summed E-state index contributed by atoms with van der Waals surface area (Å²) in [6, 6.07) is 14.8. The van der Waals surface area contributed by atoms with E-state index in [-0.39, 0.29) is 11.2 Å². The minimum Gasteiger partial charge on any atom is -0.355 e. The number of thioether (sulfide) groups is 1. The van der Waals surface area contributed by atoms with Crippen LogP contribution in [0.3, 0.4) is 0 Å². The average molecular weight is 475 g/mol. The maximum absolute atomic E-state index is 12.5. The van der Waals surface area contributed by atoms with E-state index in [4.69, 9.17) is 28.2 Å². The maximum atomic E-state index is 12.5. The van der Waals surface area contributed by atoms with Crippen LogP contribution in [0.25, 0.3) is 22.5 Å². The molecule has 8 heteroatoms. The molecule has 0 unspecified atom stereocenters. The minimum atomic E-state index is -0.280. The monoisotopic (exact) mass is 474 g/mol. The molecule has 0 aliphatic rings. The van der Waals surface area contributed by atoms with Crippen molar-refractivity contribution < 1.29 is 4.79 Å². The van der Waals surface area contributed by atoms with E-state index in [2.05, 4.69) is 22.4 Å². The second kappa shape index (κ2) is 11.5. The number of amides is 1. The Hall–Kier alpha value is -2.15. The summed E-state index contributed by atoms with van der Waals surface area (Å²) in [5, 5.41) is 13.2. The van der Waals surface area contributed by atoms with Crippen molar-refractivity contribution in [3.63, 3.8) is 0 Å². The normalized spacial score (nSPS) is 11.9. The van der Waals surface area contributed by atoms with Crippen LogP contribution in [0.1, 0.15) is 33.1 Å². The minimum absolute atomic E-state index is 0.000583. The van der Waals surface area contributed by atoms with Crippen LogP contribution in [0.5, 0.6) is 0 Å². The molecule has 0 spiro atoms. The van der Waals surface area contributed by atoms with E-state index in [1.165, 1.54) is 11.8 Å². The van der Waals surface area contributed by atoms with E-state index in [1.54, 1.807) is 12.1 Å². The van der Waals surface area contributed by atoms with Crippen LogP contribution in [0, 0.1) is 0 Å². The largest absolute Gasteiger partial charge is 0.355 e. The molecule has 2 aromatic carbocycles. The Morgan fingerprint density at radius 3 is 2.06 bits per heavy atom. The second-order valence-corrected chi connectivity index (χ2v) is 9.01. The molecule has 0 saturated carbocycles. The zero-order valence-electron chi connectivity index (χ0n) is 17.4. The molecule has 3 aromatic rings. The highest BCUT2D eigenvalue weighted by Crippen LogP contribution is 2.32. The molecular formula is C23H24Cl2N4OS. The van der Waals surface area contributed by atoms with Gasteiger partial charge >= 0.3 is 0 Å². The van der Waals surface area contributed by atoms with Crippen molar-refractivity contribution in [1.82, 2.24) is 20.5 Å². The van der Waals surface area contributed by atoms with E-state index in [0.29, 0.717) is 39.6 Å². The first kappa shape index (κ1) is 23.5. The first-order valence-corrected chi connectivity index (χ1v) is 11.9. The number of unbranched alkanes of at least 4 members (excludes halogenated alkanes) is 1. The van der Waals surface area contributed by atoms with Gasteiger partial charge in [0, 0.05) is 27.7 Å². The highest BCUT2D eigenvalue weighted by molar-refractivity contribution is 8.00. The second-order valence-electron chi connectivity index (χ2n) is 6.96. The van der Waals surface area contributed by atoms with Gasteiger partial charge in [0.1, 0.15) is 11.4 Å². The molecule has 31 heavy (non-hydrogen) atoms. The standard InChI is InChI=1S/C23H24Cl2N4OS/c1-3-5-14-26-22(30)19(4-2)31-23-27-20(15-6-10-17(24)11-7-15)21(28-29-23)16-8-12-18(25)13-9-16/h6-13,19H,3-5,14H2,1-2H3,(H,26,30)/t19-/m0/s1. The van der Waals surface area contributed by atoms with Crippen LogP contribution in [-0.4, -0.2) is 32.9 Å². The summed E-state index contributed by atoms with van der Waals surface area (Å²) in [6.07, 6.45) is 2.66. The Kier molecular flexibility index (Phi) is 8.69. The number of nitrogens with one attached hydrogen (secondary N) is 1. The lowest BCUT2D eigenvalue weighted by Gasteiger charge is -2.15. The summed E-state index contributed by atoms with van der Waals surface area (Å²) in [5.74, 6) is -0.000583. The van der Waals surface area contributed by atoms with Gasteiger partial charge < -0.3 is 5.32 Å². The molecule has 1 N–H and O–H groups in total. The quantitative estimate of drug-likeness (QED) is 0.291. The summed E-state index contributed by atoms with van der Waals surface area (Å²) in [4.78, 5) is 17.3. The van der Waals surface area contributed by atoms with Gasteiger partial charge in [-0.3, -0.25) is 4.79 Å². The lowest BCUT2D eigenvalue weighted by molar-refractivity contribution is -0.120. The number of rotatable bonds is 9. The van der Waals surface area contributed by atoms with Crippen LogP contribution >= 0.6 is 35.0 Å². The van der Waals surface area contributed by atoms with Crippen molar-refractivity contribution in [2.24, 2.45) is 0 Å². The lowest BCUT2D eigenvalue weighted by atomic mass is 10.0. The molecule has 1 heterocycles. The van der Waals surface area contributed by atoms with Gasteiger partial charge in [-0.25, -0.2) is 4.98 Å². The topological polar surface area (TPSA) is 67.8 Å². The molecule has 1 atom stereocenters. The molecule has 0 aliphatic heterocycles. The van der Waals surface area contributed by atoms with Gasteiger partial charge in [-0.05, 0) is 37.1 Å². The molecule has 0 fully saturated rings. The fourth-order valence-corrected chi connectivity index (χ4v) is 4.02. The van der Waals surface area contributed by atoms with E-state index in [0.717, 1.165) is 24.0 Å². The Labute approximate surface area is 197 Å². The third-order valence-corrected chi connectivity index (χ3v) is 6.36. The first-order valence-electron chi connectivity index (χ1n) is 10.2. The summed E-state index contributed by atoms with van der Waals surface area (Å²) >= 11 is 13.4. The Morgan fingerprint density at radius 1 is 0.935 bits per heavy atom. The predicted octanol–water partition coefficient (Wildman–Crippen LogP) is 6.30. The third kappa shape index (κ3) is 6.42. The van der Waals surface area contributed by atoms with Crippen molar-refractivity contribution in [3.05, 3.63) is 58.6 Å². The number of halogens is 2. The molecule has 1 amide bonds. The first-order chi connectivity index (χ1) is 15.0. The number of nitrogens with zero attached hydrogens (tertiary/aromatic N) is 3. The predicted molar refractivity (Wildman–Crippen MR) is 129 cm³/mol. The van der Waals surface area contributed by atoms with Crippen LogP contribution in [0.4, 0.5) is 0 Å². The summed E-state index contributed by atoms with van der Waals surface area (Å²) in [6.45, 7) is 4.75. The molecular weight excluding hydrogens is 451 g/mol. The van der Waals surface area contributed by atoms with E-state index >= 15 is 0 Å². The van der Waals surface area contributed by atoms with Crippen molar-refractivity contribution in [2.45, 2.75) is 43.5 Å². The Morgan fingerprint density at radius 2 is 1.52 bits per heavy atom. The fourth-order valence-electron chi connectivity index (χ4n) is 2.92. The molecule has 3 rings (SSSR count). The maximum Gasteiger partial charge on any atom is 0.233 e. The summed E-state index contributed by atoms with van der Waals surface area (Å²) < 4.78 is 0. The van der Waals surface area contributed by atoms with Crippen LogP contribution in [0.15, 0.2) is 53.7 Å². The third-order valence-electron chi connectivity index (χ3n) is 4.64. The zero-order valence-corrected chi connectivity index (χ0v) is 19.8. The van der Waals surface area contributed by atoms with Crippen molar-refractivity contribution in [2.75, 3.05) is 6.54 Å². The molecule has 1 aromatic heterocycles. The van der Waals surface area contributed by atoms with Crippen LogP contribution < -0.4 is 5.32 Å². The van der Waals surface area contributed by atoms with Gasteiger partial charge in [-0.2, -0.15) is 0 Å². The Balaban J connectivity index is 1.94. The highest BCUT2D eigenvalue weighted by Gasteiger charge is 2.21. The van der Waals surface area contributed by atoms with Crippen LogP contribution in [0.2, 0.25) is 10.0 Å². The van der Waals surface area contributed by atoms with Crippen molar-refractivity contribution in [3.8, 4) is 22.5 Å². The zero-order chi connectivity index (χ0) is 22.2. The molecule has 0 aliphatic carbocycles. The van der Waals surface area contributed by atoms with Gasteiger partial charge in [0.25, 0.3) is 0 Å². The SMILES string of the molecule is CCCCNC(=O)[C@H](CC)Sc1nnc(-c2ccc(Cl)cc2)c(-c2ccc(Cl)cc2)n1. The summed E-state index contributed by atoms with van der Waals surface area (Å²) in [7, 11) is 0. The smallest absolute Gasteiger partial charge is 0.233 e. The van der Waals surface area contributed by atoms with Gasteiger partial charge in [0.05, 0.1) is 5.25 Å². The van der Waals surface area contributed by atoms with Crippen molar-refractivity contribution in [1.29, 1.82) is 0 Å². The van der Waals surface area contributed by atoms with E-state index in [1.807, 2.05) is 43.3 Å². The Bertz CT molecular complexity index is 1010. The van der Waals surface area contributed by atoms with E-state index < -0.39 is 0 Å². The fraction of sp³-hybridized carbons (Fsp3) is 0.304. The van der Waals surface area contributed by atoms with Gasteiger partial charge in [-0.1, -0.05) is 79.5 Å². The lowest BCUT2D eigenvalue weighted by Crippen LogP contribution is -2.33. The molecule has 162 valence electrons. The number of carbonyl (C=O) groups is 1. The molecule has 0 saturated heterocycles.